The smallest absolute Gasteiger partial charge is 0.274 e. The van der Waals surface area contributed by atoms with Crippen molar-refractivity contribution in [1.29, 1.82) is 0 Å². The lowest BCUT2D eigenvalue weighted by atomic mass is 9.96. The van der Waals surface area contributed by atoms with E-state index in [0.29, 0.717) is 42.3 Å². The van der Waals surface area contributed by atoms with Crippen molar-refractivity contribution in [2.75, 3.05) is 38.0 Å². The number of aromatic nitrogens is 4. The molecule has 5 rings (SSSR count). The lowest BCUT2D eigenvalue weighted by Gasteiger charge is -2.24. The van der Waals surface area contributed by atoms with E-state index in [2.05, 4.69) is 20.7 Å². The van der Waals surface area contributed by atoms with Crippen LogP contribution in [0.2, 0.25) is 0 Å². The number of fused-ring (bicyclic) bond motifs is 1. The molecule has 0 spiro atoms. The SMILES string of the molecule is CNc1cc(Nc2cccn(C3CCOCC3)c2=O)nc2c(C(N)=O)cnn12.COC1CCC1. The fourth-order valence-corrected chi connectivity index (χ4v) is 3.98. The zero-order chi connectivity index (χ0) is 24.1. The summed E-state index contributed by atoms with van der Waals surface area (Å²) < 4.78 is 13.6. The molecule has 0 radical (unpaired) electrons. The van der Waals surface area contributed by atoms with E-state index in [1.165, 1.54) is 30.0 Å². The largest absolute Gasteiger partial charge is 0.381 e. The van der Waals surface area contributed by atoms with E-state index in [1.807, 2.05) is 6.07 Å². The molecule has 0 atom stereocenters. The third-order valence-corrected chi connectivity index (χ3v) is 6.20. The van der Waals surface area contributed by atoms with Crippen LogP contribution >= 0.6 is 0 Å². The Morgan fingerprint density at radius 1 is 1.26 bits per heavy atom. The molecule has 2 aliphatic rings. The fraction of sp³-hybridized carbons (Fsp3) is 0.478. The Balaban J connectivity index is 0.000000398. The highest BCUT2D eigenvalue weighted by Gasteiger charge is 2.19. The van der Waals surface area contributed by atoms with Gasteiger partial charge in [-0.1, -0.05) is 0 Å². The number of primary amides is 1. The highest BCUT2D eigenvalue weighted by atomic mass is 16.5. The van der Waals surface area contributed by atoms with Gasteiger partial charge in [0.15, 0.2) is 5.65 Å². The number of carbonyl (C=O) groups is 1. The van der Waals surface area contributed by atoms with Crippen molar-refractivity contribution >= 4 is 28.9 Å². The molecule has 2 fully saturated rings. The zero-order valence-corrected chi connectivity index (χ0v) is 19.5. The van der Waals surface area contributed by atoms with Crippen LogP contribution in [0.4, 0.5) is 17.3 Å². The fourth-order valence-electron chi connectivity index (χ4n) is 3.98. The first kappa shape index (κ1) is 23.7. The predicted molar refractivity (Wildman–Crippen MR) is 129 cm³/mol. The molecule has 1 saturated heterocycles. The summed E-state index contributed by atoms with van der Waals surface area (Å²) >= 11 is 0. The van der Waals surface area contributed by atoms with E-state index in [4.69, 9.17) is 15.2 Å². The number of nitrogens with zero attached hydrogens (tertiary/aromatic N) is 4. The van der Waals surface area contributed by atoms with Crippen LogP contribution in [0.25, 0.3) is 5.65 Å². The van der Waals surface area contributed by atoms with Crippen LogP contribution in [-0.2, 0) is 9.47 Å². The lowest BCUT2D eigenvalue weighted by molar-refractivity contribution is 0.0412. The number of amides is 1. The van der Waals surface area contributed by atoms with E-state index < -0.39 is 5.91 Å². The van der Waals surface area contributed by atoms with E-state index in [0.717, 1.165) is 12.8 Å². The molecule has 1 amide bonds. The summed E-state index contributed by atoms with van der Waals surface area (Å²) in [6, 6.07) is 5.34. The Morgan fingerprint density at radius 2 is 2.03 bits per heavy atom. The van der Waals surface area contributed by atoms with E-state index in [1.54, 1.807) is 37.1 Å². The molecule has 182 valence electrons. The van der Waals surface area contributed by atoms with Crippen LogP contribution in [0.15, 0.2) is 35.4 Å². The normalized spacial score (nSPS) is 16.4. The summed E-state index contributed by atoms with van der Waals surface area (Å²) in [5.41, 5.74) is 6.18. The van der Waals surface area contributed by atoms with Crippen LogP contribution in [0.1, 0.15) is 48.5 Å². The van der Waals surface area contributed by atoms with Gasteiger partial charge in [0.1, 0.15) is 22.9 Å². The minimum absolute atomic E-state index is 0.114. The van der Waals surface area contributed by atoms with Crippen molar-refractivity contribution in [3.63, 3.8) is 0 Å². The zero-order valence-electron chi connectivity index (χ0n) is 19.5. The monoisotopic (exact) mass is 469 g/mol. The lowest BCUT2D eigenvalue weighted by Crippen LogP contribution is -2.29. The standard InChI is InChI=1S/C18H21N7O3.C5H10O/c1-20-15-9-14(23-17-12(16(19)26)10-21-25(15)17)22-13-3-2-6-24(18(13)27)11-4-7-28-8-5-11;1-6-5-3-2-4-5/h2-3,6,9-11,20H,4-5,7-8H2,1H3,(H2,19,26)(H,22,23);5H,2-4H2,1H3. The molecule has 1 saturated carbocycles. The Labute approximate surface area is 197 Å². The number of methoxy groups -OCH3 is 1. The van der Waals surface area contributed by atoms with Crippen molar-refractivity contribution in [2.24, 2.45) is 5.73 Å². The summed E-state index contributed by atoms with van der Waals surface area (Å²) in [5, 5.41) is 10.2. The summed E-state index contributed by atoms with van der Waals surface area (Å²) in [7, 11) is 3.51. The molecule has 4 heterocycles. The molecule has 11 heteroatoms. The number of carbonyl (C=O) groups excluding carboxylic acids is 1. The van der Waals surface area contributed by atoms with Crippen molar-refractivity contribution in [3.05, 3.63) is 46.5 Å². The predicted octanol–water partition coefficient (Wildman–Crippen LogP) is 2.31. The van der Waals surface area contributed by atoms with Gasteiger partial charge in [0.25, 0.3) is 11.5 Å². The van der Waals surface area contributed by atoms with Gasteiger partial charge in [-0.25, -0.2) is 4.98 Å². The van der Waals surface area contributed by atoms with Gasteiger partial charge < -0.3 is 30.4 Å². The molecule has 11 nitrogen and oxygen atoms in total. The molecule has 34 heavy (non-hydrogen) atoms. The van der Waals surface area contributed by atoms with Crippen LogP contribution in [0, 0.1) is 0 Å². The summed E-state index contributed by atoms with van der Waals surface area (Å²) in [4.78, 5) is 29.0. The minimum Gasteiger partial charge on any atom is -0.381 e. The average Bonchev–Trinajstić information content (AvgIpc) is 3.24. The van der Waals surface area contributed by atoms with Gasteiger partial charge in [0, 0.05) is 45.7 Å². The maximum atomic E-state index is 12.9. The molecule has 0 unspecified atom stereocenters. The van der Waals surface area contributed by atoms with Crippen LogP contribution in [-0.4, -0.2) is 58.5 Å². The Bertz CT molecular complexity index is 1190. The second-order valence-corrected chi connectivity index (χ2v) is 8.33. The summed E-state index contributed by atoms with van der Waals surface area (Å²) in [5.74, 6) is 0.380. The number of ether oxygens (including phenoxy) is 2. The second-order valence-electron chi connectivity index (χ2n) is 8.33. The van der Waals surface area contributed by atoms with Gasteiger partial charge in [-0.05, 0) is 44.2 Å². The Morgan fingerprint density at radius 3 is 2.62 bits per heavy atom. The maximum absolute atomic E-state index is 12.9. The summed E-state index contributed by atoms with van der Waals surface area (Å²) in [6.45, 7) is 1.30. The molecule has 1 aliphatic carbocycles. The molecule has 3 aromatic rings. The Kier molecular flexibility index (Phi) is 7.43. The second kappa shape index (κ2) is 10.7. The van der Waals surface area contributed by atoms with Gasteiger partial charge in [-0.3, -0.25) is 9.59 Å². The van der Waals surface area contributed by atoms with E-state index >= 15 is 0 Å². The topological polar surface area (TPSA) is 138 Å². The minimum atomic E-state index is -0.622. The first-order valence-electron chi connectivity index (χ1n) is 11.5. The van der Waals surface area contributed by atoms with Gasteiger partial charge in [-0.15, -0.1) is 0 Å². The quantitative estimate of drug-likeness (QED) is 0.500. The number of pyridine rings is 1. The number of nitrogens with two attached hydrogens (primary N) is 1. The number of hydrogen-bond acceptors (Lipinski definition) is 8. The number of hydrogen-bond donors (Lipinski definition) is 3. The number of nitrogens with one attached hydrogen (secondary N) is 2. The molecule has 0 bridgehead atoms. The third kappa shape index (κ3) is 5.05. The van der Waals surface area contributed by atoms with Crippen molar-refractivity contribution in [1.82, 2.24) is 19.2 Å². The summed E-state index contributed by atoms with van der Waals surface area (Å²) in [6.07, 6.45) is 9.33. The van der Waals surface area contributed by atoms with Gasteiger partial charge >= 0.3 is 0 Å². The molecule has 0 aromatic carbocycles. The van der Waals surface area contributed by atoms with Crippen molar-refractivity contribution < 1.29 is 14.3 Å². The van der Waals surface area contributed by atoms with Gasteiger partial charge in [0.05, 0.1) is 12.3 Å². The van der Waals surface area contributed by atoms with Crippen molar-refractivity contribution in [3.8, 4) is 0 Å². The van der Waals surface area contributed by atoms with Crippen LogP contribution < -0.4 is 21.9 Å². The Hall–Kier alpha value is -3.44. The van der Waals surface area contributed by atoms with Crippen molar-refractivity contribution in [2.45, 2.75) is 44.2 Å². The molecule has 1 aliphatic heterocycles. The van der Waals surface area contributed by atoms with Crippen LogP contribution in [0.3, 0.4) is 0 Å². The highest BCUT2D eigenvalue weighted by molar-refractivity contribution is 5.98. The first-order chi connectivity index (χ1) is 16.5. The van der Waals surface area contributed by atoms with Crippen LogP contribution in [0.5, 0.6) is 0 Å². The van der Waals surface area contributed by atoms with Gasteiger partial charge in [-0.2, -0.15) is 9.61 Å². The van der Waals surface area contributed by atoms with E-state index in [9.17, 15) is 9.59 Å². The maximum Gasteiger partial charge on any atom is 0.274 e. The highest BCUT2D eigenvalue weighted by Crippen LogP contribution is 2.23. The number of rotatable bonds is 6. The molecular formula is C23H31N7O4. The first-order valence-corrected chi connectivity index (χ1v) is 11.5. The average molecular weight is 470 g/mol. The molecular weight excluding hydrogens is 438 g/mol. The van der Waals surface area contributed by atoms with Gasteiger partial charge in [0.2, 0.25) is 0 Å². The molecule has 4 N–H and O–H groups in total. The third-order valence-electron chi connectivity index (χ3n) is 6.20. The molecule has 3 aromatic heterocycles. The van der Waals surface area contributed by atoms with E-state index in [-0.39, 0.29) is 17.2 Å². The number of anilines is 3.